The van der Waals surface area contributed by atoms with E-state index in [0.717, 1.165) is 40.8 Å². The molecule has 0 saturated carbocycles. The van der Waals surface area contributed by atoms with Crippen LogP contribution in [-0.2, 0) is 0 Å². The van der Waals surface area contributed by atoms with Gasteiger partial charge in [-0.3, -0.25) is 9.79 Å². The van der Waals surface area contributed by atoms with Crippen LogP contribution in [-0.4, -0.2) is 28.3 Å². The van der Waals surface area contributed by atoms with Gasteiger partial charge in [-0.2, -0.15) is 0 Å². The van der Waals surface area contributed by atoms with Crippen molar-refractivity contribution in [1.82, 2.24) is 15.3 Å². The SMILES string of the molecule is CC.CC.NC(=NCCCCC(NC(=O)c1ccc(-c2ccccc2)cc1)c1nc2ccccc2[nH]1)c1ccc(Cl)o1. The molecular weight excluding hydrogens is 546 g/mol. The molecule has 220 valence electrons. The summed E-state index contributed by atoms with van der Waals surface area (Å²) in [6.07, 6.45) is 2.29. The minimum absolute atomic E-state index is 0.146. The number of aromatic nitrogens is 2. The number of hydrogen-bond donors (Lipinski definition) is 3. The van der Waals surface area contributed by atoms with Gasteiger partial charge in [-0.1, -0.05) is 82.3 Å². The van der Waals surface area contributed by atoms with Crippen molar-refractivity contribution in [3.8, 4) is 11.1 Å². The summed E-state index contributed by atoms with van der Waals surface area (Å²) in [5.74, 6) is 1.36. The summed E-state index contributed by atoms with van der Waals surface area (Å²) in [5.41, 5.74) is 10.6. The van der Waals surface area contributed by atoms with Gasteiger partial charge in [0.2, 0.25) is 0 Å². The van der Waals surface area contributed by atoms with Gasteiger partial charge < -0.3 is 20.5 Å². The minimum atomic E-state index is -0.283. The zero-order valence-corrected chi connectivity index (χ0v) is 25.5. The molecule has 4 N–H and O–H groups in total. The summed E-state index contributed by atoms with van der Waals surface area (Å²) in [5, 5.41) is 3.45. The van der Waals surface area contributed by atoms with Crippen LogP contribution in [0.25, 0.3) is 22.2 Å². The molecule has 0 radical (unpaired) electrons. The van der Waals surface area contributed by atoms with Crippen molar-refractivity contribution in [1.29, 1.82) is 0 Å². The first kappa shape index (κ1) is 32.2. The molecule has 2 heterocycles. The first-order valence-electron chi connectivity index (χ1n) is 14.5. The van der Waals surface area contributed by atoms with Crippen LogP contribution < -0.4 is 11.1 Å². The number of H-pyrrole nitrogens is 1. The van der Waals surface area contributed by atoms with Crippen LogP contribution in [0.2, 0.25) is 5.22 Å². The molecule has 7 nitrogen and oxygen atoms in total. The van der Waals surface area contributed by atoms with E-state index in [-0.39, 0.29) is 17.2 Å². The number of amides is 1. The fourth-order valence-electron chi connectivity index (χ4n) is 4.29. The Morgan fingerprint density at radius 3 is 2.24 bits per heavy atom. The van der Waals surface area contributed by atoms with Crippen molar-refractivity contribution < 1.29 is 9.21 Å². The predicted octanol–water partition coefficient (Wildman–Crippen LogP) is 8.58. The third kappa shape index (κ3) is 8.82. The van der Waals surface area contributed by atoms with Crippen molar-refractivity contribution in [2.24, 2.45) is 10.7 Å². The van der Waals surface area contributed by atoms with Crippen molar-refractivity contribution in [2.75, 3.05) is 6.54 Å². The second-order valence-electron chi connectivity index (χ2n) is 8.98. The number of carbonyl (C=O) groups excluding carboxylic acids is 1. The maximum absolute atomic E-state index is 13.2. The largest absolute Gasteiger partial charge is 0.441 e. The number of halogens is 1. The number of fused-ring (bicyclic) bond motifs is 1. The van der Waals surface area contributed by atoms with Crippen molar-refractivity contribution >= 4 is 34.4 Å². The Hall–Kier alpha value is -4.36. The zero-order valence-electron chi connectivity index (χ0n) is 24.7. The average Bonchev–Trinajstić information content (AvgIpc) is 3.69. The van der Waals surface area contributed by atoms with Gasteiger partial charge in [0.1, 0.15) is 5.82 Å². The Morgan fingerprint density at radius 2 is 1.57 bits per heavy atom. The van der Waals surface area contributed by atoms with E-state index in [1.54, 1.807) is 12.1 Å². The molecule has 0 aliphatic heterocycles. The lowest BCUT2D eigenvalue weighted by atomic mass is 10.0. The number of benzene rings is 3. The second kappa shape index (κ2) is 16.8. The molecule has 0 fully saturated rings. The fraction of sp³-hybridized carbons (Fsp3) is 0.265. The number of aliphatic imine (C=N–C) groups is 1. The van der Waals surface area contributed by atoms with Gasteiger partial charge in [-0.25, -0.2) is 4.98 Å². The third-order valence-corrected chi connectivity index (χ3v) is 6.51. The van der Waals surface area contributed by atoms with E-state index >= 15 is 0 Å². The molecule has 3 aromatic carbocycles. The Balaban J connectivity index is 0.00000116. The molecule has 1 amide bonds. The van der Waals surface area contributed by atoms with Crippen LogP contribution in [0.4, 0.5) is 0 Å². The van der Waals surface area contributed by atoms with Crippen molar-refractivity contribution in [3.05, 3.63) is 113 Å². The molecule has 2 aromatic heterocycles. The molecule has 5 aromatic rings. The van der Waals surface area contributed by atoms with E-state index in [1.165, 1.54) is 0 Å². The number of imidazole rings is 1. The highest BCUT2D eigenvalue weighted by atomic mass is 35.5. The number of para-hydroxylation sites is 2. The molecule has 42 heavy (non-hydrogen) atoms. The molecule has 0 bridgehead atoms. The van der Waals surface area contributed by atoms with Gasteiger partial charge in [0.15, 0.2) is 16.8 Å². The highest BCUT2D eigenvalue weighted by Crippen LogP contribution is 2.23. The molecule has 0 aliphatic rings. The van der Waals surface area contributed by atoms with Gasteiger partial charge in [-0.05, 0) is 78.4 Å². The van der Waals surface area contributed by atoms with Crippen LogP contribution in [0.15, 0.2) is 100 Å². The summed E-state index contributed by atoms with van der Waals surface area (Å²) in [6, 6.07) is 28.6. The molecule has 0 aliphatic carbocycles. The molecule has 1 unspecified atom stereocenters. The Kier molecular flexibility index (Phi) is 12.9. The Morgan fingerprint density at radius 1 is 0.905 bits per heavy atom. The summed E-state index contributed by atoms with van der Waals surface area (Å²) in [7, 11) is 0. The van der Waals surface area contributed by atoms with E-state index in [0.29, 0.717) is 30.1 Å². The number of unbranched alkanes of at least 4 members (excludes halogenated alkanes) is 1. The van der Waals surface area contributed by atoms with E-state index in [1.807, 2.05) is 107 Å². The third-order valence-electron chi connectivity index (χ3n) is 6.31. The lowest BCUT2D eigenvalue weighted by molar-refractivity contribution is 0.0932. The molecule has 8 heteroatoms. The number of nitrogens with two attached hydrogens (primary N) is 1. The van der Waals surface area contributed by atoms with Crippen LogP contribution in [0.1, 0.15) is 74.9 Å². The van der Waals surface area contributed by atoms with Crippen LogP contribution >= 0.6 is 11.6 Å². The first-order chi connectivity index (χ1) is 20.6. The lowest BCUT2D eigenvalue weighted by Gasteiger charge is -2.17. The smallest absolute Gasteiger partial charge is 0.251 e. The van der Waals surface area contributed by atoms with E-state index in [2.05, 4.69) is 15.3 Å². The van der Waals surface area contributed by atoms with Gasteiger partial charge in [-0.15, -0.1) is 0 Å². The molecular formula is C34H40ClN5O2. The number of nitrogens with one attached hydrogen (secondary N) is 2. The quantitative estimate of drug-likeness (QED) is 0.0866. The summed E-state index contributed by atoms with van der Waals surface area (Å²) >= 11 is 5.81. The van der Waals surface area contributed by atoms with Crippen LogP contribution in [0.5, 0.6) is 0 Å². The number of nitrogens with zero attached hydrogens (tertiary/aromatic N) is 2. The highest BCUT2D eigenvalue weighted by Gasteiger charge is 2.19. The standard InChI is InChI=1S/C30H28ClN5O2.2C2H6/c31-27-18-17-26(38-27)28(32)33-19-7-6-12-25(29-34-23-10-4-5-11-24(23)35-29)36-30(37)22-15-13-21(14-16-22)20-8-2-1-3-9-20;2*1-2/h1-5,8-11,13-18,25H,6-7,12,19H2,(H2,32,33)(H,34,35)(H,36,37);2*1-2H3. The van der Waals surface area contributed by atoms with Crippen LogP contribution in [0, 0.1) is 0 Å². The average molecular weight is 586 g/mol. The van der Waals surface area contributed by atoms with Crippen molar-refractivity contribution in [3.63, 3.8) is 0 Å². The predicted molar refractivity (Wildman–Crippen MR) is 174 cm³/mol. The summed E-state index contributed by atoms with van der Waals surface area (Å²) in [4.78, 5) is 25.7. The van der Waals surface area contributed by atoms with E-state index in [4.69, 9.17) is 26.7 Å². The van der Waals surface area contributed by atoms with Gasteiger partial charge in [0.25, 0.3) is 5.91 Å². The maximum Gasteiger partial charge on any atom is 0.251 e. The minimum Gasteiger partial charge on any atom is -0.441 e. The number of carbonyl (C=O) groups is 1. The normalized spacial score (nSPS) is 11.6. The summed E-state index contributed by atoms with van der Waals surface area (Å²) < 4.78 is 5.30. The molecule has 5 rings (SSSR count). The number of hydrogen-bond acceptors (Lipinski definition) is 4. The number of rotatable bonds is 10. The van der Waals surface area contributed by atoms with E-state index in [9.17, 15) is 4.79 Å². The van der Waals surface area contributed by atoms with Crippen LogP contribution in [0.3, 0.4) is 0 Å². The number of amidine groups is 1. The summed E-state index contributed by atoms with van der Waals surface area (Å²) in [6.45, 7) is 8.53. The highest BCUT2D eigenvalue weighted by molar-refractivity contribution is 6.29. The molecule has 0 spiro atoms. The fourth-order valence-corrected chi connectivity index (χ4v) is 4.44. The zero-order chi connectivity index (χ0) is 30.3. The van der Waals surface area contributed by atoms with Gasteiger partial charge >= 0.3 is 0 Å². The topological polar surface area (TPSA) is 109 Å². The second-order valence-corrected chi connectivity index (χ2v) is 9.35. The Bertz CT molecular complexity index is 1510. The van der Waals surface area contributed by atoms with Crippen molar-refractivity contribution in [2.45, 2.75) is 53.0 Å². The van der Waals surface area contributed by atoms with E-state index < -0.39 is 0 Å². The number of aromatic amines is 1. The number of furan rings is 1. The van der Waals surface area contributed by atoms with Gasteiger partial charge in [0.05, 0.1) is 17.1 Å². The maximum atomic E-state index is 13.2. The first-order valence-corrected chi connectivity index (χ1v) is 14.9. The monoisotopic (exact) mass is 585 g/mol. The lowest BCUT2D eigenvalue weighted by Crippen LogP contribution is -2.29. The molecule has 1 atom stereocenters. The Labute approximate surface area is 253 Å². The molecule has 0 saturated heterocycles. The van der Waals surface area contributed by atoms with Gasteiger partial charge in [0, 0.05) is 12.1 Å².